The molecule has 0 aliphatic heterocycles. The van der Waals surface area contributed by atoms with E-state index >= 15 is 0 Å². The molecule has 4 heteroatoms. The summed E-state index contributed by atoms with van der Waals surface area (Å²) in [6.45, 7) is 0. The van der Waals surface area contributed by atoms with E-state index in [1.54, 1.807) is 0 Å². The van der Waals surface area contributed by atoms with Crippen LogP contribution in [0.25, 0.3) is 0 Å². The monoisotopic (exact) mass is 315 g/mol. The molecule has 0 unspecified atom stereocenters. The highest BCUT2D eigenvalue weighted by molar-refractivity contribution is 5.85. The third-order valence-electron chi connectivity index (χ3n) is 4.74. The summed E-state index contributed by atoms with van der Waals surface area (Å²) in [5.74, 6) is 0.183. The third kappa shape index (κ3) is 4.81. The Kier molecular flexibility index (Phi) is 5.31. The molecule has 124 valence electrons. The molecular formula is C19H25NO3. The van der Waals surface area contributed by atoms with Gasteiger partial charge in [-0.3, -0.25) is 9.59 Å². The Morgan fingerprint density at radius 2 is 1.78 bits per heavy atom. The van der Waals surface area contributed by atoms with Gasteiger partial charge in [-0.1, -0.05) is 56.0 Å². The normalized spacial score (nSPS) is 19.3. The Hall–Kier alpha value is -1.84. The highest BCUT2D eigenvalue weighted by Gasteiger charge is 2.30. The minimum absolute atomic E-state index is 0.201. The molecule has 1 N–H and O–H groups in total. The van der Waals surface area contributed by atoms with Gasteiger partial charge in [0.15, 0.2) is 0 Å². The minimum atomic E-state index is -0.826. The molecule has 2 aliphatic carbocycles. The lowest BCUT2D eigenvalue weighted by Gasteiger charge is -2.18. The Balaban J connectivity index is 1.58. The van der Waals surface area contributed by atoms with Crippen LogP contribution in [0.1, 0.15) is 63.0 Å². The molecule has 3 rings (SSSR count). The molecule has 0 radical (unpaired) electrons. The zero-order chi connectivity index (χ0) is 16.1. The highest BCUT2D eigenvalue weighted by Crippen LogP contribution is 2.29. The van der Waals surface area contributed by atoms with Gasteiger partial charge in [-0.25, -0.2) is 0 Å². The van der Waals surface area contributed by atoms with Gasteiger partial charge < -0.3 is 10.1 Å². The fraction of sp³-hybridized carbons (Fsp3) is 0.579. The highest BCUT2D eigenvalue weighted by atomic mass is 16.5. The van der Waals surface area contributed by atoms with E-state index < -0.39 is 6.10 Å². The number of nitrogens with one attached hydrogen (secondary N) is 1. The largest absolute Gasteiger partial charge is 0.447 e. The Morgan fingerprint density at radius 3 is 2.43 bits per heavy atom. The summed E-state index contributed by atoms with van der Waals surface area (Å²) in [4.78, 5) is 24.6. The molecule has 2 saturated carbocycles. The van der Waals surface area contributed by atoms with E-state index in [4.69, 9.17) is 4.74 Å². The van der Waals surface area contributed by atoms with Crippen LogP contribution in [0.3, 0.4) is 0 Å². The van der Waals surface area contributed by atoms with E-state index in [1.807, 2.05) is 30.3 Å². The number of esters is 1. The third-order valence-corrected chi connectivity index (χ3v) is 4.74. The smallest absolute Gasteiger partial charge is 0.306 e. The zero-order valence-corrected chi connectivity index (χ0v) is 13.5. The molecule has 0 aromatic heterocycles. The molecule has 2 aliphatic rings. The first-order valence-corrected chi connectivity index (χ1v) is 8.77. The minimum Gasteiger partial charge on any atom is -0.447 e. The van der Waals surface area contributed by atoms with Crippen LogP contribution in [0.2, 0.25) is 0 Å². The van der Waals surface area contributed by atoms with Crippen molar-refractivity contribution in [3.63, 3.8) is 0 Å². The first-order chi connectivity index (χ1) is 11.2. The molecule has 0 spiro atoms. The van der Waals surface area contributed by atoms with Crippen LogP contribution in [0.5, 0.6) is 0 Å². The van der Waals surface area contributed by atoms with Crippen molar-refractivity contribution in [1.82, 2.24) is 5.32 Å². The Morgan fingerprint density at radius 1 is 1.09 bits per heavy atom. The van der Waals surface area contributed by atoms with Gasteiger partial charge in [0.25, 0.3) is 5.91 Å². The van der Waals surface area contributed by atoms with Crippen LogP contribution < -0.4 is 5.32 Å². The van der Waals surface area contributed by atoms with Crippen LogP contribution >= 0.6 is 0 Å². The quantitative estimate of drug-likeness (QED) is 0.783. The number of hydrogen-bond acceptors (Lipinski definition) is 3. The molecule has 1 aromatic carbocycles. The lowest BCUT2D eigenvalue weighted by atomic mass is 10.0. The predicted octanol–water partition coefficient (Wildman–Crippen LogP) is 3.52. The maximum Gasteiger partial charge on any atom is 0.306 e. The maximum absolute atomic E-state index is 12.4. The second-order valence-corrected chi connectivity index (χ2v) is 6.75. The van der Waals surface area contributed by atoms with Crippen LogP contribution in [0.4, 0.5) is 0 Å². The number of amides is 1. The van der Waals surface area contributed by atoms with Crippen LogP contribution in [0, 0.1) is 5.92 Å². The molecule has 0 saturated heterocycles. The summed E-state index contributed by atoms with van der Waals surface area (Å²) < 4.78 is 5.54. The summed E-state index contributed by atoms with van der Waals surface area (Å²) >= 11 is 0. The van der Waals surface area contributed by atoms with Gasteiger partial charge in [-0.15, -0.1) is 0 Å². The maximum atomic E-state index is 12.4. The van der Waals surface area contributed by atoms with Gasteiger partial charge in [0.1, 0.15) is 0 Å². The summed E-state index contributed by atoms with van der Waals surface area (Å²) in [6, 6.07) is 9.54. The summed E-state index contributed by atoms with van der Waals surface area (Å²) in [6.07, 6.45) is 7.48. The van der Waals surface area contributed by atoms with Gasteiger partial charge >= 0.3 is 5.97 Å². The van der Waals surface area contributed by atoms with Gasteiger partial charge in [0, 0.05) is 18.0 Å². The first kappa shape index (κ1) is 16.0. The fourth-order valence-electron chi connectivity index (χ4n) is 3.22. The number of benzene rings is 1. The van der Waals surface area contributed by atoms with E-state index in [0.717, 1.165) is 24.8 Å². The predicted molar refractivity (Wildman–Crippen MR) is 87.6 cm³/mol. The molecule has 1 atom stereocenters. The number of carbonyl (C=O) groups is 2. The molecule has 0 heterocycles. The van der Waals surface area contributed by atoms with Crippen molar-refractivity contribution >= 4 is 11.9 Å². The van der Waals surface area contributed by atoms with Gasteiger partial charge in [-0.2, -0.15) is 0 Å². The van der Waals surface area contributed by atoms with Crippen molar-refractivity contribution in [3.8, 4) is 0 Å². The fourth-order valence-corrected chi connectivity index (χ4v) is 3.22. The molecule has 1 aromatic rings. The SMILES string of the molecule is O=C(CCC1CCCC1)O[C@H](C(=O)NC1CC1)c1ccccc1. The molecule has 1 amide bonds. The second-order valence-electron chi connectivity index (χ2n) is 6.75. The molecule has 0 bridgehead atoms. The van der Waals surface area contributed by atoms with E-state index in [0.29, 0.717) is 12.3 Å². The van der Waals surface area contributed by atoms with Crippen molar-refractivity contribution < 1.29 is 14.3 Å². The average Bonchev–Trinajstić information content (AvgIpc) is 3.22. The summed E-state index contributed by atoms with van der Waals surface area (Å²) in [7, 11) is 0. The average molecular weight is 315 g/mol. The number of carbonyl (C=O) groups excluding carboxylic acids is 2. The van der Waals surface area contributed by atoms with Crippen molar-refractivity contribution in [1.29, 1.82) is 0 Å². The Bertz CT molecular complexity index is 533. The lowest BCUT2D eigenvalue weighted by Crippen LogP contribution is -2.33. The summed E-state index contributed by atoms with van der Waals surface area (Å²) in [5.41, 5.74) is 0.736. The molecular weight excluding hydrogens is 290 g/mol. The lowest BCUT2D eigenvalue weighted by molar-refractivity contribution is -0.156. The van der Waals surface area contributed by atoms with E-state index in [1.165, 1.54) is 25.7 Å². The first-order valence-electron chi connectivity index (χ1n) is 8.77. The zero-order valence-electron chi connectivity index (χ0n) is 13.5. The topological polar surface area (TPSA) is 55.4 Å². The van der Waals surface area contributed by atoms with Crippen LogP contribution in [-0.4, -0.2) is 17.9 Å². The molecule has 2 fully saturated rings. The van der Waals surface area contributed by atoms with Crippen molar-refractivity contribution in [2.24, 2.45) is 5.92 Å². The van der Waals surface area contributed by atoms with Gasteiger partial charge in [0.05, 0.1) is 0 Å². The standard InChI is InChI=1S/C19H25NO3/c21-17(13-10-14-6-4-5-7-14)23-18(15-8-2-1-3-9-15)19(22)20-16-11-12-16/h1-3,8-9,14,16,18H,4-7,10-13H2,(H,20,22)/t18-/m0/s1. The molecule has 4 nitrogen and oxygen atoms in total. The van der Waals surface area contributed by atoms with Crippen molar-refractivity contribution in [2.45, 2.75) is 63.5 Å². The van der Waals surface area contributed by atoms with Crippen molar-refractivity contribution in [3.05, 3.63) is 35.9 Å². The van der Waals surface area contributed by atoms with Crippen molar-refractivity contribution in [2.75, 3.05) is 0 Å². The van der Waals surface area contributed by atoms with Crippen LogP contribution in [-0.2, 0) is 14.3 Å². The van der Waals surface area contributed by atoms with Gasteiger partial charge in [-0.05, 0) is 25.2 Å². The van der Waals surface area contributed by atoms with Crippen LogP contribution in [0.15, 0.2) is 30.3 Å². The second kappa shape index (κ2) is 7.62. The van der Waals surface area contributed by atoms with E-state index in [9.17, 15) is 9.59 Å². The van der Waals surface area contributed by atoms with E-state index in [2.05, 4.69) is 5.32 Å². The number of ether oxygens (including phenoxy) is 1. The number of hydrogen-bond donors (Lipinski definition) is 1. The van der Waals surface area contributed by atoms with Gasteiger partial charge in [0.2, 0.25) is 6.10 Å². The molecule has 23 heavy (non-hydrogen) atoms. The summed E-state index contributed by atoms with van der Waals surface area (Å²) in [5, 5.41) is 2.94. The van der Waals surface area contributed by atoms with E-state index in [-0.39, 0.29) is 17.9 Å². The number of rotatable bonds is 7. The Labute approximate surface area is 137 Å².